The van der Waals surface area contributed by atoms with Gasteiger partial charge in [-0.15, -0.1) is 0 Å². The Balaban J connectivity index is 2.68. The molecule has 0 fully saturated rings. The van der Waals surface area contributed by atoms with E-state index in [1.54, 1.807) is 6.92 Å². The second kappa shape index (κ2) is 5.80. The highest BCUT2D eigenvalue weighted by Crippen LogP contribution is 2.14. The van der Waals surface area contributed by atoms with Crippen molar-refractivity contribution in [2.75, 3.05) is 13.2 Å². The maximum Gasteiger partial charge on any atom is 0.325 e. The van der Waals surface area contributed by atoms with Crippen LogP contribution in [0, 0.1) is 10.1 Å². The van der Waals surface area contributed by atoms with Crippen LogP contribution < -0.4 is 5.32 Å². The van der Waals surface area contributed by atoms with E-state index in [-0.39, 0.29) is 24.7 Å². The van der Waals surface area contributed by atoms with Crippen LogP contribution in [0.1, 0.15) is 17.4 Å². The molecule has 1 heterocycles. The van der Waals surface area contributed by atoms with Crippen LogP contribution in [0.2, 0.25) is 0 Å². The van der Waals surface area contributed by atoms with E-state index in [0.29, 0.717) is 0 Å². The standard InChI is InChI=1S/C10H13N3O5/c1-3-18-9(14)6-11-10(15)7-4-5-8(12(7)2)13(16)17/h4-5H,3,6H2,1-2H3,(H,11,15). The number of rotatable bonds is 5. The molecule has 1 N–H and O–H groups in total. The Morgan fingerprint density at radius 1 is 1.50 bits per heavy atom. The van der Waals surface area contributed by atoms with Gasteiger partial charge in [-0.25, -0.2) is 4.57 Å². The predicted octanol–water partition coefficient (Wildman–Crippen LogP) is 0.226. The van der Waals surface area contributed by atoms with Crippen molar-refractivity contribution in [3.05, 3.63) is 27.9 Å². The summed E-state index contributed by atoms with van der Waals surface area (Å²) in [6.07, 6.45) is 0. The fraction of sp³-hybridized carbons (Fsp3) is 0.400. The highest BCUT2D eigenvalue weighted by Gasteiger charge is 2.20. The average Bonchev–Trinajstić information content (AvgIpc) is 2.68. The van der Waals surface area contributed by atoms with Crippen molar-refractivity contribution in [1.29, 1.82) is 0 Å². The summed E-state index contributed by atoms with van der Waals surface area (Å²) in [5.74, 6) is -1.33. The van der Waals surface area contributed by atoms with Gasteiger partial charge in [0, 0.05) is 6.07 Å². The van der Waals surface area contributed by atoms with E-state index in [1.807, 2.05) is 0 Å². The summed E-state index contributed by atoms with van der Waals surface area (Å²) >= 11 is 0. The largest absolute Gasteiger partial charge is 0.465 e. The number of ether oxygens (including phenoxy) is 1. The van der Waals surface area contributed by atoms with Crippen LogP contribution in [0.25, 0.3) is 0 Å². The van der Waals surface area contributed by atoms with Gasteiger partial charge in [0.1, 0.15) is 6.54 Å². The molecule has 0 radical (unpaired) electrons. The number of nitro groups is 1. The quantitative estimate of drug-likeness (QED) is 0.460. The molecule has 0 aliphatic carbocycles. The van der Waals surface area contributed by atoms with Gasteiger partial charge in [-0.2, -0.15) is 0 Å². The van der Waals surface area contributed by atoms with Crippen molar-refractivity contribution < 1.29 is 19.2 Å². The minimum absolute atomic E-state index is 0.103. The molecule has 0 aliphatic heterocycles. The van der Waals surface area contributed by atoms with Gasteiger partial charge in [-0.05, 0) is 17.9 Å². The van der Waals surface area contributed by atoms with Crippen LogP contribution in [-0.4, -0.2) is 34.5 Å². The first-order valence-corrected chi connectivity index (χ1v) is 5.21. The molecular weight excluding hydrogens is 242 g/mol. The normalized spacial score (nSPS) is 9.89. The Labute approximate surface area is 103 Å². The maximum absolute atomic E-state index is 11.6. The first-order valence-electron chi connectivity index (χ1n) is 5.21. The highest BCUT2D eigenvalue weighted by molar-refractivity contribution is 5.95. The van der Waals surface area contributed by atoms with Gasteiger partial charge < -0.3 is 20.2 Å². The van der Waals surface area contributed by atoms with E-state index in [1.165, 1.54) is 19.2 Å². The van der Waals surface area contributed by atoms with Crippen molar-refractivity contribution in [1.82, 2.24) is 9.88 Å². The Morgan fingerprint density at radius 2 is 2.17 bits per heavy atom. The third-order valence-corrected chi connectivity index (χ3v) is 2.21. The minimum atomic E-state index is -0.595. The summed E-state index contributed by atoms with van der Waals surface area (Å²) in [5, 5.41) is 12.9. The van der Waals surface area contributed by atoms with Crippen LogP contribution >= 0.6 is 0 Å². The molecule has 8 heteroatoms. The summed E-state index contributed by atoms with van der Waals surface area (Å²) in [7, 11) is 1.40. The molecule has 1 aromatic heterocycles. The third-order valence-electron chi connectivity index (χ3n) is 2.21. The molecule has 8 nitrogen and oxygen atoms in total. The number of hydrogen-bond acceptors (Lipinski definition) is 5. The number of carbonyl (C=O) groups is 2. The lowest BCUT2D eigenvalue weighted by atomic mass is 10.4. The number of nitrogens with one attached hydrogen (secondary N) is 1. The minimum Gasteiger partial charge on any atom is -0.465 e. The maximum atomic E-state index is 11.6. The molecule has 0 aliphatic rings. The molecule has 0 atom stereocenters. The van der Waals surface area contributed by atoms with Crippen LogP contribution in [0.15, 0.2) is 12.1 Å². The Kier molecular flexibility index (Phi) is 4.41. The number of carbonyl (C=O) groups excluding carboxylic acids is 2. The molecule has 0 saturated carbocycles. The molecule has 98 valence electrons. The zero-order chi connectivity index (χ0) is 13.7. The Morgan fingerprint density at radius 3 is 2.67 bits per heavy atom. The smallest absolute Gasteiger partial charge is 0.325 e. The van der Waals surface area contributed by atoms with Crippen molar-refractivity contribution >= 4 is 17.7 Å². The zero-order valence-corrected chi connectivity index (χ0v) is 10.0. The molecule has 0 bridgehead atoms. The highest BCUT2D eigenvalue weighted by atomic mass is 16.6. The van der Waals surface area contributed by atoms with Gasteiger partial charge in [0.25, 0.3) is 5.91 Å². The molecule has 0 spiro atoms. The van der Waals surface area contributed by atoms with Gasteiger partial charge >= 0.3 is 11.8 Å². The van der Waals surface area contributed by atoms with Crippen molar-refractivity contribution in [2.24, 2.45) is 7.05 Å². The van der Waals surface area contributed by atoms with Gasteiger partial charge in [-0.1, -0.05) is 0 Å². The number of esters is 1. The van der Waals surface area contributed by atoms with Crippen LogP contribution in [0.4, 0.5) is 5.82 Å². The van der Waals surface area contributed by atoms with Crippen LogP contribution in [0.5, 0.6) is 0 Å². The van der Waals surface area contributed by atoms with E-state index in [9.17, 15) is 19.7 Å². The van der Waals surface area contributed by atoms with Crippen molar-refractivity contribution in [2.45, 2.75) is 6.92 Å². The third kappa shape index (κ3) is 3.06. The molecule has 18 heavy (non-hydrogen) atoms. The summed E-state index contributed by atoms with van der Waals surface area (Å²) < 4.78 is 5.77. The first-order chi connectivity index (χ1) is 8.47. The first kappa shape index (κ1) is 13.7. The number of aromatic nitrogens is 1. The van der Waals surface area contributed by atoms with Gasteiger partial charge in [0.15, 0.2) is 5.69 Å². The summed E-state index contributed by atoms with van der Waals surface area (Å²) in [6, 6.07) is 2.54. The molecule has 1 amide bonds. The lowest BCUT2D eigenvalue weighted by Crippen LogP contribution is -2.31. The zero-order valence-electron chi connectivity index (χ0n) is 10.0. The molecular formula is C10H13N3O5. The van der Waals surface area contributed by atoms with Gasteiger partial charge in [-0.3, -0.25) is 9.59 Å². The summed E-state index contributed by atoms with van der Waals surface area (Å²) in [4.78, 5) is 32.7. The van der Waals surface area contributed by atoms with Crippen molar-refractivity contribution in [3.8, 4) is 0 Å². The fourth-order valence-corrected chi connectivity index (χ4v) is 1.37. The molecule has 1 rings (SSSR count). The molecule has 0 saturated heterocycles. The lowest BCUT2D eigenvalue weighted by Gasteiger charge is -2.04. The van der Waals surface area contributed by atoms with E-state index in [0.717, 1.165) is 4.57 Å². The van der Waals surface area contributed by atoms with Gasteiger partial charge in [0.05, 0.1) is 13.7 Å². The predicted molar refractivity (Wildman–Crippen MR) is 61.0 cm³/mol. The Hall–Kier alpha value is -2.38. The van der Waals surface area contributed by atoms with Crippen molar-refractivity contribution in [3.63, 3.8) is 0 Å². The monoisotopic (exact) mass is 255 g/mol. The van der Waals surface area contributed by atoms with Crippen LogP contribution in [-0.2, 0) is 16.6 Å². The molecule has 0 aromatic carbocycles. The average molecular weight is 255 g/mol. The SMILES string of the molecule is CCOC(=O)CNC(=O)c1ccc([N+](=O)[O-])n1C. The Bertz CT molecular complexity index is 480. The molecule has 1 aromatic rings. The van der Waals surface area contributed by atoms with E-state index < -0.39 is 16.8 Å². The van der Waals surface area contributed by atoms with Crippen LogP contribution in [0.3, 0.4) is 0 Å². The number of hydrogen-bond donors (Lipinski definition) is 1. The lowest BCUT2D eigenvalue weighted by molar-refractivity contribution is -0.391. The topological polar surface area (TPSA) is 103 Å². The second-order valence-corrected chi connectivity index (χ2v) is 3.38. The summed E-state index contributed by atoms with van der Waals surface area (Å²) in [6.45, 7) is 1.61. The van der Waals surface area contributed by atoms with E-state index in [2.05, 4.69) is 10.1 Å². The number of amides is 1. The molecule has 0 unspecified atom stereocenters. The summed E-state index contributed by atoms with van der Waals surface area (Å²) in [5.41, 5.74) is 0.103. The van der Waals surface area contributed by atoms with E-state index in [4.69, 9.17) is 0 Å². The fourth-order valence-electron chi connectivity index (χ4n) is 1.37. The second-order valence-electron chi connectivity index (χ2n) is 3.38. The van der Waals surface area contributed by atoms with E-state index >= 15 is 0 Å². The van der Waals surface area contributed by atoms with Gasteiger partial charge in [0.2, 0.25) is 0 Å². The number of nitrogens with zero attached hydrogens (tertiary/aromatic N) is 2.